The molecule has 0 saturated heterocycles. The molecular formula is C12H10Cl2N2OS. The van der Waals surface area contributed by atoms with E-state index in [1.807, 2.05) is 16.8 Å². The van der Waals surface area contributed by atoms with E-state index in [2.05, 4.69) is 4.98 Å². The van der Waals surface area contributed by atoms with Crippen LogP contribution in [0.4, 0.5) is 0 Å². The minimum absolute atomic E-state index is 0.0590. The monoisotopic (exact) mass is 300 g/mol. The van der Waals surface area contributed by atoms with Crippen molar-refractivity contribution in [2.75, 3.05) is 0 Å². The Morgan fingerprint density at radius 1 is 1.33 bits per heavy atom. The Morgan fingerprint density at radius 2 is 2.11 bits per heavy atom. The van der Waals surface area contributed by atoms with Gasteiger partial charge in [-0.25, -0.2) is 4.98 Å². The average molecular weight is 301 g/mol. The lowest BCUT2D eigenvalue weighted by atomic mass is 10.1. The topological polar surface area (TPSA) is 38.0 Å². The standard InChI is InChI=1S/C12H10Cl2N2OS/c13-8-3-7-10(4-9(8)14)18-11(12(7)17)5-16-2-1-15-6-16/h1-4,6,11-12,17H,5H2/t11-,12-/m0/s1. The van der Waals surface area contributed by atoms with Crippen LogP contribution >= 0.6 is 35.0 Å². The lowest BCUT2D eigenvalue weighted by Gasteiger charge is -2.14. The Morgan fingerprint density at radius 3 is 2.83 bits per heavy atom. The predicted octanol–water partition coefficient (Wildman–Crippen LogP) is 3.40. The number of thioether (sulfide) groups is 1. The molecule has 18 heavy (non-hydrogen) atoms. The summed E-state index contributed by atoms with van der Waals surface area (Å²) < 4.78 is 1.95. The molecule has 2 aromatic rings. The van der Waals surface area contributed by atoms with Gasteiger partial charge in [0.15, 0.2) is 0 Å². The predicted molar refractivity (Wildman–Crippen MR) is 73.3 cm³/mol. The van der Waals surface area contributed by atoms with Gasteiger partial charge in [-0.3, -0.25) is 0 Å². The second kappa shape index (κ2) is 4.78. The van der Waals surface area contributed by atoms with Gasteiger partial charge in [0.05, 0.1) is 27.7 Å². The molecule has 0 aliphatic carbocycles. The highest BCUT2D eigenvalue weighted by molar-refractivity contribution is 8.00. The number of hydrogen-bond donors (Lipinski definition) is 1. The molecule has 2 heterocycles. The van der Waals surface area contributed by atoms with Gasteiger partial charge in [0, 0.05) is 23.8 Å². The molecule has 1 aliphatic rings. The van der Waals surface area contributed by atoms with Crippen LogP contribution in [0.3, 0.4) is 0 Å². The number of aromatic nitrogens is 2. The van der Waals surface area contributed by atoms with Crippen molar-refractivity contribution in [3.8, 4) is 0 Å². The second-order valence-electron chi connectivity index (χ2n) is 4.16. The third-order valence-electron chi connectivity index (χ3n) is 2.95. The van der Waals surface area contributed by atoms with E-state index in [-0.39, 0.29) is 5.25 Å². The van der Waals surface area contributed by atoms with Crippen molar-refractivity contribution in [1.29, 1.82) is 0 Å². The summed E-state index contributed by atoms with van der Waals surface area (Å²) >= 11 is 13.6. The van der Waals surface area contributed by atoms with E-state index in [4.69, 9.17) is 23.2 Å². The van der Waals surface area contributed by atoms with Crippen LogP contribution in [0.1, 0.15) is 11.7 Å². The first-order valence-electron chi connectivity index (χ1n) is 5.44. The summed E-state index contributed by atoms with van der Waals surface area (Å²) in [7, 11) is 0. The molecule has 1 aromatic heterocycles. The van der Waals surface area contributed by atoms with Gasteiger partial charge in [-0.05, 0) is 17.7 Å². The molecule has 0 radical (unpaired) electrons. The third-order valence-corrected chi connectivity index (χ3v) is 4.99. The van der Waals surface area contributed by atoms with E-state index in [0.29, 0.717) is 16.6 Å². The number of nitrogens with zero attached hydrogens (tertiary/aromatic N) is 2. The number of aliphatic hydroxyl groups excluding tert-OH is 1. The largest absolute Gasteiger partial charge is 0.387 e. The first-order chi connectivity index (χ1) is 8.65. The molecule has 94 valence electrons. The highest BCUT2D eigenvalue weighted by Gasteiger charge is 2.32. The van der Waals surface area contributed by atoms with Crippen LogP contribution < -0.4 is 0 Å². The minimum atomic E-state index is -0.526. The van der Waals surface area contributed by atoms with Gasteiger partial charge in [0.2, 0.25) is 0 Å². The van der Waals surface area contributed by atoms with Crippen molar-refractivity contribution < 1.29 is 5.11 Å². The van der Waals surface area contributed by atoms with Crippen molar-refractivity contribution in [2.45, 2.75) is 22.8 Å². The summed E-state index contributed by atoms with van der Waals surface area (Å²) in [6, 6.07) is 3.58. The fourth-order valence-corrected chi connectivity index (χ4v) is 3.80. The van der Waals surface area contributed by atoms with Gasteiger partial charge in [-0.1, -0.05) is 23.2 Å². The molecule has 3 rings (SSSR count). The third kappa shape index (κ3) is 2.14. The first-order valence-corrected chi connectivity index (χ1v) is 7.08. The zero-order valence-electron chi connectivity index (χ0n) is 9.25. The van der Waals surface area contributed by atoms with Crippen molar-refractivity contribution in [3.63, 3.8) is 0 Å². The van der Waals surface area contributed by atoms with Gasteiger partial charge in [-0.15, -0.1) is 11.8 Å². The maximum absolute atomic E-state index is 10.3. The van der Waals surface area contributed by atoms with E-state index < -0.39 is 6.10 Å². The van der Waals surface area contributed by atoms with Gasteiger partial charge < -0.3 is 9.67 Å². The van der Waals surface area contributed by atoms with Crippen LogP contribution in [0.2, 0.25) is 10.0 Å². The van der Waals surface area contributed by atoms with Crippen LogP contribution in [-0.4, -0.2) is 19.9 Å². The van der Waals surface area contributed by atoms with Crippen LogP contribution in [0.15, 0.2) is 35.7 Å². The highest BCUT2D eigenvalue weighted by Crippen LogP contribution is 2.47. The molecule has 0 fully saturated rings. The summed E-state index contributed by atoms with van der Waals surface area (Å²) in [4.78, 5) is 5.00. The second-order valence-corrected chi connectivity index (χ2v) is 6.26. The zero-order chi connectivity index (χ0) is 12.7. The van der Waals surface area contributed by atoms with Crippen molar-refractivity contribution in [1.82, 2.24) is 9.55 Å². The summed E-state index contributed by atoms with van der Waals surface area (Å²) in [5.41, 5.74) is 0.861. The Balaban J connectivity index is 1.87. The zero-order valence-corrected chi connectivity index (χ0v) is 11.6. The van der Waals surface area contributed by atoms with Gasteiger partial charge in [0.25, 0.3) is 0 Å². The van der Waals surface area contributed by atoms with E-state index in [0.717, 1.165) is 10.5 Å². The van der Waals surface area contributed by atoms with Gasteiger partial charge in [-0.2, -0.15) is 0 Å². The number of halogens is 2. The molecule has 0 spiro atoms. The van der Waals surface area contributed by atoms with Gasteiger partial charge in [0.1, 0.15) is 0 Å². The molecule has 1 N–H and O–H groups in total. The summed E-state index contributed by atoms with van der Waals surface area (Å²) in [6.45, 7) is 0.704. The number of rotatable bonds is 2. The SMILES string of the molecule is O[C@H]1c2cc(Cl)c(Cl)cc2S[C@H]1Cn1ccnc1. The molecule has 0 saturated carbocycles. The quantitative estimate of drug-likeness (QED) is 0.924. The normalized spacial score (nSPS) is 22.2. The summed E-state index contributed by atoms with van der Waals surface area (Å²) in [6.07, 6.45) is 4.83. The van der Waals surface area contributed by atoms with Crippen molar-refractivity contribution in [3.05, 3.63) is 46.5 Å². The van der Waals surface area contributed by atoms with Crippen molar-refractivity contribution >= 4 is 35.0 Å². The smallest absolute Gasteiger partial charge is 0.0946 e. The Kier molecular flexibility index (Phi) is 3.28. The van der Waals surface area contributed by atoms with Crippen LogP contribution in [0.25, 0.3) is 0 Å². The molecule has 0 bridgehead atoms. The van der Waals surface area contributed by atoms with Crippen LogP contribution in [-0.2, 0) is 6.54 Å². The molecule has 0 amide bonds. The fourth-order valence-electron chi connectivity index (χ4n) is 2.04. The van der Waals surface area contributed by atoms with E-state index in [9.17, 15) is 5.11 Å². The minimum Gasteiger partial charge on any atom is -0.387 e. The average Bonchev–Trinajstić information content (AvgIpc) is 2.93. The summed E-state index contributed by atoms with van der Waals surface area (Å²) in [5, 5.41) is 11.4. The Labute approximate surface area is 119 Å². The van der Waals surface area contributed by atoms with Crippen molar-refractivity contribution in [2.24, 2.45) is 0 Å². The fraction of sp³-hybridized carbons (Fsp3) is 0.250. The molecule has 0 unspecified atom stereocenters. The lowest BCUT2D eigenvalue weighted by molar-refractivity contribution is 0.170. The molecule has 3 nitrogen and oxygen atoms in total. The molecule has 1 aliphatic heterocycles. The number of hydrogen-bond acceptors (Lipinski definition) is 3. The van der Waals surface area contributed by atoms with Gasteiger partial charge >= 0.3 is 0 Å². The maximum atomic E-state index is 10.3. The van der Waals surface area contributed by atoms with E-state index >= 15 is 0 Å². The highest BCUT2D eigenvalue weighted by atomic mass is 35.5. The maximum Gasteiger partial charge on any atom is 0.0946 e. The number of fused-ring (bicyclic) bond motifs is 1. The number of aliphatic hydroxyl groups is 1. The first kappa shape index (κ1) is 12.4. The molecule has 2 atom stereocenters. The van der Waals surface area contributed by atoms with Crippen LogP contribution in [0.5, 0.6) is 0 Å². The molecular weight excluding hydrogens is 291 g/mol. The number of benzene rings is 1. The Hall–Kier alpha value is -0.680. The number of imidazole rings is 1. The van der Waals surface area contributed by atoms with E-state index in [1.165, 1.54) is 0 Å². The molecule has 1 aromatic carbocycles. The Bertz CT molecular complexity index is 574. The lowest BCUT2D eigenvalue weighted by Crippen LogP contribution is -2.16. The van der Waals surface area contributed by atoms with E-state index in [1.54, 1.807) is 30.4 Å². The molecule has 6 heteroatoms. The summed E-state index contributed by atoms with van der Waals surface area (Å²) in [5.74, 6) is 0. The van der Waals surface area contributed by atoms with Crippen LogP contribution in [0, 0.1) is 0 Å².